The number of hydrogen-bond donors (Lipinski definition) is 0. The van der Waals surface area contributed by atoms with Gasteiger partial charge < -0.3 is 8.83 Å². The topological polar surface area (TPSA) is 65.0 Å². The van der Waals surface area contributed by atoms with Crippen LogP contribution < -0.4 is 0 Å². The summed E-state index contributed by atoms with van der Waals surface area (Å²) in [5, 5.41) is 4.03. The fraction of sp³-hybridized carbons (Fsp3) is 0.118. The maximum Gasteiger partial charge on any atom is 0.164 e. The minimum Gasteiger partial charge on any atom is -0.456 e. The highest BCUT2D eigenvalue weighted by atomic mass is 16.3. The van der Waals surface area contributed by atoms with Crippen molar-refractivity contribution in [1.29, 1.82) is 0 Å². The molecule has 3 heterocycles. The molecule has 1 spiro atoms. The fourth-order valence-electron chi connectivity index (χ4n) is 9.83. The molecule has 2 aliphatic rings. The average Bonchev–Trinajstić information content (AvgIpc) is 3.92. The predicted octanol–water partition coefficient (Wildman–Crippen LogP) is 13.6. The molecule has 1 saturated carbocycles. The second-order valence-corrected chi connectivity index (χ2v) is 15.4. The van der Waals surface area contributed by atoms with E-state index in [4.69, 9.17) is 23.8 Å². The van der Waals surface area contributed by atoms with Crippen LogP contribution in [0.1, 0.15) is 43.2 Å². The van der Waals surface area contributed by atoms with Crippen molar-refractivity contribution in [1.82, 2.24) is 15.0 Å². The zero-order valence-corrected chi connectivity index (χ0v) is 30.6. The van der Waals surface area contributed by atoms with Crippen LogP contribution in [-0.2, 0) is 5.41 Å². The summed E-state index contributed by atoms with van der Waals surface area (Å²) in [5.74, 6) is 1.79. The number of nitrogens with zero attached hydrogens (tertiary/aromatic N) is 3. The van der Waals surface area contributed by atoms with Gasteiger partial charge in [-0.2, -0.15) is 0 Å². The molecule has 0 aliphatic heterocycles. The Kier molecular flexibility index (Phi) is 6.79. The molecule has 10 aromatic rings. The summed E-state index contributed by atoms with van der Waals surface area (Å²) < 4.78 is 12.6. The Morgan fingerprint density at radius 1 is 0.375 bits per heavy atom. The van der Waals surface area contributed by atoms with Gasteiger partial charge in [0.2, 0.25) is 0 Å². The molecule has 5 nitrogen and oxygen atoms in total. The highest BCUT2D eigenvalue weighted by molar-refractivity contribution is 6.13. The third-order valence-electron chi connectivity index (χ3n) is 12.4. The Bertz CT molecular complexity index is 3070. The number of hydrogen-bond acceptors (Lipinski definition) is 5. The van der Waals surface area contributed by atoms with E-state index < -0.39 is 0 Å². The second-order valence-electron chi connectivity index (χ2n) is 15.4. The molecular formula is C51H35N3O2. The molecule has 0 atom stereocenters. The molecule has 0 bridgehead atoms. The van der Waals surface area contributed by atoms with Crippen molar-refractivity contribution in [2.45, 2.75) is 37.5 Å². The van der Waals surface area contributed by atoms with Crippen LogP contribution in [0.4, 0.5) is 0 Å². The molecule has 56 heavy (non-hydrogen) atoms. The van der Waals surface area contributed by atoms with Gasteiger partial charge in [-0.3, -0.25) is 0 Å². The lowest BCUT2D eigenvalue weighted by Gasteiger charge is -2.36. The number of rotatable bonds is 4. The maximum absolute atomic E-state index is 6.31. The molecule has 12 rings (SSSR count). The van der Waals surface area contributed by atoms with Crippen LogP contribution in [0.2, 0.25) is 0 Å². The summed E-state index contributed by atoms with van der Waals surface area (Å²) in [5.41, 5.74) is 14.2. The van der Waals surface area contributed by atoms with Crippen molar-refractivity contribution in [3.8, 4) is 56.4 Å². The molecular weight excluding hydrogens is 687 g/mol. The molecule has 7 aromatic carbocycles. The van der Waals surface area contributed by atoms with Gasteiger partial charge in [-0.15, -0.1) is 0 Å². The minimum absolute atomic E-state index is 0.0896. The zero-order valence-electron chi connectivity index (χ0n) is 30.6. The second kappa shape index (κ2) is 12.1. The largest absolute Gasteiger partial charge is 0.456 e. The first-order chi connectivity index (χ1) is 27.7. The van der Waals surface area contributed by atoms with Crippen LogP contribution in [0.3, 0.4) is 0 Å². The fourth-order valence-corrected chi connectivity index (χ4v) is 9.83. The Morgan fingerprint density at radius 3 is 1.59 bits per heavy atom. The third-order valence-corrected chi connectivity index (χ3v) is 12.4. The molecule has 5 heteroatoms. The highest BCUT2D eigenvalue weighted by Crippen LogP contribution is 2.56. The van der Waals surface area contributed by atoms with Gasteiger partial charge in [0.05, 0.1) is 0 Å². The first kappa shape index (κ1) is 31.5. The molecule has 0 unspecified atom stereocenters. The van der Waals surface area contributed by atoms with Gasteiger partial charge in [0.1, 0.15) is 22.3 Å². The van der Waals surface area contributed by atoms with E-state index >= 15 is 0 Å². The normalized spacial score (nSPS) is 14.6. The third kappa shape index (κ3) is 4.64. The van der Waals surface area contributed by atoms with Gasteiger partial charge in [0.25, 0.3) is 0 Å². The van der Waals surface area contributed by atoms with E-state index in [2.05, 4.69) is 91.0 Å². The Hall–Kier alpha value is -6.85. The van der Waals surface area contributed by atoms with E-state index in [1.165, 1.54) is 59.9 Å². The van der Waals surface area contributed by atoms with E-state index in [0.29, 0.717) is 17.5 Å². The van der Waals surface area contributed by atoms with Crippen LogP contribution in [0.15, 0.2) is 160 Å². The summed E-state index contributed by atoms with van der Waals surface area (Å²) in [6, 6.07) is 53.4. The molecule has 3 aromatic heterocycles. The van der Waals surface area contributed by atoms with E-state index in [0.717, 1.165) is 66.1 Å². The number of para-hydroxylation sites is 2. The SMILES string of the molecule is c1cc(-c2ccc3c(c2)C2(CCCCC2)c2ccccc2-3)cc(-c2nc(-c3cccc4oc5ccccc5c34)nc(-c3cccc4oc5ccccc5c34)n2)c1. The molecule has 0 saturated heterocycles. The van der Waals surface area contributed by atoms with Crippen molar-refractivity contribution in [2.75, 3.05) is 0 Å². The van der Waals surface area contributed by atoms with Crippen LogP contribution in [-0.4, -0.2) is 15.0 Å². The van der Waals surface area contributed by atoms with Gasteiger partial charge in [-0.05, 0) is 82.6 Å². The number of furan rings is 2. The molecule has 0 amide bonds. The van der Waals surface area contributed by atoms with Gasteiger partial charge in [-0.25, -0.2) is 15.0 Å². The standard InChI is InChI=1S/C51H35N3O2/c1-8-27-51(28-9-1)40-20-5-2-15-34(40)35-26-25-32(30-41(35)51)31-13-10-14-33(29-31)48-52-49(38-18-11-23-44-46(38)36-16-3-6-21-42(36)55-44)54-50(53-48)39-19-12-24-45-47(39)37-17-4-7-22-43(37)56-45/h2-7,10-26,29-30H,1,8-9,27-28H2. The Balaban J connectivity index is 1.06. The monoisotopic (exact) mass is 721 g/mol. The summed E-state index contributed by atoms with van der Waals surface area (Å²) in [7, 11) is 0. The molecule has 0 radical (unpaired) electrons. The van der Waals surface area contributed by atoms with Crippen LogP contribution >= 0.6 is 0 Å². The summed E-state index contributed by atoms with van der Waals surface area (Å²) in [6.07, 6.45) is 6.25. The lowest BCUT2D eigenvalue weighted by Crippen LogP contribution is -2.28. The Labute approximate surface area is 323 Å². The van der Waals surface area contributed by atoms with E-state index in [1.54, 1.807) is 0 Å². The first-order valence-corrected chi connectivity index (χ1v) is 19.6. The summed E-state index contributed by atoms with van der Waals surface area (Å²) in [4.78, 5) is 15.8. The van der Waals surface area contributed by atoms with Crippen molar-refractivity contribution >= 4 is 43.9 Å². The lowest BCUT2D eigenvalue weighted by atomic mass is 9.67. The van der Waals surface area contributed by atoms with Gasteiger partial charge >= 0.3 is 0 Å². The number of benzene rings is 7. The number of fused-ring (bicyclic) bond motifs is 11. The first-order valence-electron chi connectivity index (χ1n) is 19.6. The Morgan fingerprint density at radius 2 is 0.893 bits per heavy atom. The lowest BCUT2D eigenvalue weighted by molar-refractivity contribution is 0.353. The molecule has 0 N–H and O–H groups in total. The van der Waals surface area contributed by atoms with Crippen LogP contribution in [0.5, 0.6) is 0 Å². The van der Waals surface area contributed by atoms with E-state index in [9.17, 15) is 0 Å². The predicted molar refractivity (Wildman–Crippen MR) is 225 cm³/mol. The zero-order chi connectivity index (χ0) is 36.8. The summed E-state index contributed by atoms with van der Waals surface area (Å²) in [6.45, 7) is 0. The van der Waals surface area contributed by atoms with E-state index in [-0.39, 0.29) is 5.41 Å². The number of aromatic nitrogens is 3. The molecule has 266 valence electrons. The highest BCUT2D eigenvalue weighted by Gasteiger charge is 2.43. The van der Waals surface area contributed by atoms with Crippen LogP contribution in [0.25, 0.3) is 100 Å². The van der Waals surface area contributed by atoms with Crippen molar-refractivity contribution in [3.05, 3.63) is 163 Å². The van der Waals surface area contributed by atoms with Gasteiger partial charge in [0, 0.05) is 43.7 Å². The van der Waals surface area contributed by atoms with E-state index in [1.807, 2.05) is 60.7 Å². The van der Waals surface area contributed by atoms with Crippen molar-refractivity contribution in [2.24, 2.45) is 0 Å². The van der Waals surface area contributed by atoms with Crippen molar-refractivity contribution < 1.29 is 8.83 Å². The average molecular weight is 722 g/mol. The minimum atomic E-state index is 0.0896. The molecule has 1 fully saturated rings. The van der Waals surface area contributed by atoms with Crippen molar-refractivity contribution in [3.63, 3.8) is 0 Å². The quantitative estimate of drug-likeness (QED) is 0.181. The van der Waals surface area contributed by atoms with Gasteiger partial charge in [0.15, 0.2) is 17.5 Å². The molecule has 2 aliphatic carbocycles. The maximum atomic E-state index is 6.31. The smallest absolute Gasteiger partial charge is 0.164 e. The summed E-state index contributed by atoms with van der Waals surface area (Å²) >= 11 is 0. The van der Waals surface area contributed by atoms with Gasteiger partial charge in [-0.1, -0.05) is 135 Å². The van der Waals surface area contributed by atoms with Crippen LogP contribution in [0, 0.1) is 0 Å².